The Kier molecular flexibility index (Phi) is 2.73. The van der Waals surface area contributed by atoms with Crippen molar-refractivity contribution >= 4 is 17.3 Å². The van der Waals surface area contributed by atoms with Gasteiger partial charge in [0, 0.05) is 11.1 Å². The maximum atomic E-state index is 11.9. The van der Waals surface area contributed by atoms with Crippen LogP contribution in [0.25, 0.3) is 5.76 Å². The minimum atomic E-state index is -1.06. The lowest BCUT2D eigenvalue weighted by Crippen LogP contribution is -2.24. The number of phenolic OH excluding ortho intramolecular Hbond substituents is 3. The molecule has 0 heterocycles. The normalized spacial score (nSPS) is 14.8. The fourth-order valence-corrected chi connectivity index (χ4v) is 2.12. The van der Waals surface area contributed by atoms with Gasteiger partial charge in [-0.2, -0.15) is 0 Å². The predicted molar refractivity (Wildman–Crippen MR) is 65.4 cm³/mol. The summed E-state index contributed by atoms with van der Waals surface area (Å²) in [6, 6.07) is 0. The van der Waals surface area contributed by atoms with Gasteiger partial charge in [-0.3, -0.25) is 9.59 Å². The summed E-state index contributed by atoms with van der Waals surface area (Å²) in [6.45, 7) is 2.89. The maximum absolute atomic E-state index is 11.9. The van der Waals surface area contributed by atoms with Gasteiger partial charge in [0.15, 0.2) is 11.5 Å². The number of aliphatic hydroxyl groups is 1. The monoisotopic (exact) mass is 264 g/mol. The number of phenols is 3. The Morgan fingerprint density at radius 2 is 1.42 bits per heavy atom. The molecular formula is C13H12O6. The number of hydrogen-bond donors (Lipinski definition) is 4. The molecule has 1 aliphatic rings. The molecule has 0 aliphatic heterocycles. The van der Waals surface area contributed by atoms with Crippen molar-refractivity contribution in [3.05, 3.63) is 22.3 Å². The second kappa shape index (κ2) is 4.01. The fourth-order valence-electron chi connectivity index (χ4n) is 2.12. The van der Waals surface area contributed by atoms with Crippen molar-refractivity contribution in [3.8, 4) is 17.2 Å². The van der Waals surface area contributed by atoms with Crippen molar-refractivity contribution in [2.24, 2.45) is 0 Å². The first kappa shape index (κ1) is 12.9. The molecule has 6 nitrogen and oxygen atoms in total. The Hall–Kier alpha value is -2.50. The topological polar surface area (TPSA) is 115 Å². The van der Waals surface area contributed by atoms with Gasteiger partial charge in [0.2, 0.25) is 11.6 Å². The van der Waals surface area contributed by atoms with Crippen LogP contribution < -0.4 is 0 Å². The van der Waals surface area contributed by atoms with E-state index >= 15 is 0 Å². The highest BCUT2D eigenvalue weighted by atomic mass is 16.3. The zero-order valence-electron chi connectivity index (χ0n) is 10.3. The average Bonchev–Trinajstić information content (AvgIpc) is 2.38. The zero-order valence-corrected chi connectivity index (χ0v) is 10.3. The molecule has 0 amide bonds. The number of hydrogen-bond acceptors (Lipinski definition) is 6. The standard InChI is InChI=1S/C13H12O6/c1-3-5-10(16)6-7(13(19)11(5)17)12(18)9(15)4(2)8(6)14/h14-16,18H,3H2,1-2H3. The highest BCUT2D eigenvalue weighted by Crippen LogP contribution is 2.47. The van der Waals surface area contributed by atoms with Gasteiger partial charge in [-0.15, -0.1) is 0 Å². The van der Waals surface area contributed by atoms with Crippen LogP contribution in [0.1, 0.15) is 34.8 Å². The molecule has 6 heteroatoms. The van der Waals surface area contributed by atoms with E-state index in [1.54, 1.807) is 6.92 Å². The SMILES string of the molecule is CCC1=C(O)c2c(O)c(C)c(O)c(O)c2C(=O)C1=O. The lowest BCUT2D eigenvalue weighted by molar-refractivity contribution is -0.112. The van der Waals surface area contributed by atoms with E-state index in [1.807, 2.05) is 0 Å². The number of rotatable bonds is 1. The number of aliphatic hydroxyl groups excluding tert-OH is 1. The minimum absolute atomic E-state index is 0.0830. The molecule has 2 rings (SSSR count). The van der Waals surface area contributed by atoms with Gasteiger partial charge in [0.05, 0.1) is 11.1 Å². The molecule has 0 spiro atoms. The van der Waals surface area contributed by atoms with Gasteiger partial charge in [-0.05, 0) is 13.3 Å². The van der Waals surface area contributed by atoms with E-state index < -0.39 is 40.1 Å². The van der Waals surface area contributed by atoms with Crippen molar-refractivity contribution in [1.82, 2.24) is 0 Å². The lowest BCUT2D eigenvalue weighted by atomic mass is 9.85. The number of benzene rings is 1. The van der Waals surface area contributed by atoms with Crippen molar-refractivity contribution in [2.75, 3.05) is 0 Å². The second-order valence-corrected chi connectivity index (χ2v) is 4.26. The second-order valence-electron chi connectivity index (χ2n) is 4.26. The van der Waals surface area contributed by atoms with Crippen molar-refractivity contribution < 1.29 is 30.0 Å². The molecule has 1 aliphatic carbocycles. The molecule has 1 aromatic rings. The molecule has 19 heavy (non-hydrogen) atoms. The Balaban J connectivity index is 2.98. The van der Waals surface area contributed by atoms with Crippen LogP contribution in [0.5, 0.6) is 17.2 Å². The van der Waals surface area contributed by atoms with Gasteiger partial charge < -0.3 is 20.4 Å². The molecule has 0 aromatic heterocycles. The number of carbonyl (C=O) groups is 2. The Bertz CT molecular complexity index is 654. The van der Waals surface area contributed by atoms with Crippen LogP contribution in [0.3, 0.4) is 0 Å². The van der Waals surface area contributed by atoms with Crippen LogP contribution in [0.2, 0.25) is 0 Å². The van der Waals surface area contributed by atoms with Crippen molar-refractivity contribution in [1.29, 1.82) is 0 Å². The van der Waals surface area contributed by atoms with Crippen LogP contribution in [0.4, 0.5) is 0 Å². The summed E-state index contributed by atoms with van der Waals surface area (Å²) >= 11 is 0. The van der Waals surface area contributed by atoms with Crippen LogP contribution in [0, 0.1) is 6.92 Å². The number of ketones is 2. The molecular weight excluding hydrogens is 252 g/mol. The van der Waals surface area contributed by atoms with Gasteiger partial charge >= 0.3 is 0 Å². The van der Waals surface area contributed by atoms with E-state index in [9.17, 15) is 30.0 Å². The van der Waals surface area contributed by atoms with E-state index in [2.05, 4.69) is 0 Å². The minimum Gasteiger partial charge on any atom is -0.507 e. The van der Waals surface area contributed by atoms with Gasteiger partial charge in [-0.25, -0.2) is 0 Å². The third kappa shape index (κ3) is 1.49. The number of fused-ring (bicyclic) bond motifs is 1. The molecule has 0 atom stereocenters. The first-order chi connectivity index (χ1) is 8.82. The van der Waals surface area contributed by atoms with Crippen LogP contribution in [-0.4, -0.2) is 32.0 Å². The summed E-state index contributed by atoms with van der Waals surface area (Å²) < 4.78 is 0. The quantitative estimate of drug-likeness (QED) is 0.347. The Morgan fingerprint density at radius 1 is 0.842 bits per heavy atom. The van der Waals surface area contributed by atoms with Gasteiger partial charge in [0.1, 0.15) is 11.5 Å². The smallest absolute Gasteiger partial charge is 0.238 e. The third-order valence-electron chi connectivity index (χ3n) is 3.24. The summed E-state index contributed by atoms with van der Waals surface area (Å²) in [7, 11) is 0. The molecule has 0 radical (unpaired) electrons. The first-order valence-corrected chi connectivity index (χ1v) is 5.61. The molecule has 4 N–H and O–H groups in total. The van der Waals surface area contributed by atoms with E-state index in [0.29, 0.717) is 0 Å². The molecule has 100 valence electrons. The largest absolute Gasteiger partial charge is 0.507 e. The summed E-state index contributed by atoms with van der Waals surface area (Å²) in [5, 5.41) is 39.2. The van der Waals surface area contributed by atoms with Crippen molar-refractivity contribution in [2.45, 2.75) is 20.3 Å². The maximum Gasteiger partial charge on any atom is 0.238 e. The van der Waals surface area contributed by atoms with Gasteiger partial charge in [-0.1, -0.05) is 6.92 Å². The van der Waals surface area contributed by atoms with E-state index in [0.717, 1.165) is 0 Å². The summed E-state index contributed by atoms with van der Waals surface area (Å²) in [5.41, 5.74) is -1.09. The average molecular weight is 264 g/mol. The molecule has 1 aromatic carbocycles. The highest BCUT2D eigenvalue weighted by Gasteiger charge is 2.38. The molecule has 0 fully saturated rings. The lowest BCUT2D eigenvalue weighted by Gasteiger charge is -2.21. The number of carbonyl (C=O) groups excluding carboxylic acids is 2. The van der Waals surface area contributed by atoms with Crippen LogP contribution in [-0.2, 0) is 4.79 Å². The zero-order chi connectivity index (χ0) is 14.5. The van der Waals surface area contributed by atoms with Crippen LogP contribution >= 0.6 is 0 Å². The first-order valence-electron chi connectivity index (χ1n) is 5.61. The summed E-state index contributed by atoms with van der Waals surface area (Å²) in [6.07, 6.45) is 0.107. The fraction of sp³-hybridized carbons (Fsp3) is 0.231. The summed E-state index contributed by atoms with van der Waals surface area (Å²) in [4.78, 5) is 23.6. The van der Waals surface area contributed by atoms with E-state index in [-0.39, 0.29) is 23.1 Å². The Labute approximate surface area is 108 Å². The third-order valence-corrected chi connectivity index (χ3v) is 3.24. The number of allylic oxidation sites excluding steroid dienone is 1. The molecule has 0 bridgehead atoms. The van der Waals surface area contributed by atoms with Crippen molar-refractivity contribution in [3.63, 3.8) is 0 Å². The number of aromatic hydroxyl groups is 3. The van der Waals surface area contributed by atoms with Gasteiger partial charge in [0.25, 0.3) is 0 Å². The predicted octanol–water partition coefficient (Wildman–Crippen LogP) is 1.56. The molecule has 0 saturated heterocycles. The highest BCUT2D eigenvalue weighted by molar-refractivity contribution is 6.53. The van der Waals surface area contributed by atoms with Crippen LogP contribution in [0.15, 0.2) is 5.57 Å². The number of Topliss-reactive ketones (excluding diaryl/α,β-unsaturated/α-hetero) is 2. The van der Waals surface area contributed by atoms with E-state index in [1.165, 1.54) is 6.92 Å². The van der Waals surface area contributed by atoms with E-state index in [4.69, 9.17) is 0 Å². The molecule has 0 saturated carbocycles. The molecule has 0 unspecified atom stereocenters. The summed E-state index contributed by atoms with van der Waals surface area (Å²) in [5.74, 6) is -4.60. The Morgan fingerprint density at radius 3 is 1.95 bits per heavy atom.